The number of benzene rings is 1. The first kappa shape index (κ1) is 17.9. The molecule has 1 fully saturated rings. The second-order valence-corrected chi connectivity index (χ2v) is 6.51. The van der Waals surface area contributed by atoms with Crippen molar-refractivity contribution in [3.05, 3.63) is 33.8 Å². The zero-order valence-corrected chi connectivity index (χ0v) is 14.6. The highest BCUT2D eigenvalue weighted by Gasteiger charge is 2.23. The number of amides is 3. The summed E-state index contributed by atoms with van der Waals surface area (Å²) < 4.78 is 0. The Morgan fingerprint density at radius 2 is 2.00 bits per heavy atom. The Bertz CT molecular complexity index is 576. The van der Waals surface area contributed by atoms with Crippen LogP contribution in [-0.2, 0) is 11.2 Å². The molecule has 2 rings (SSSR count). The predicted octanol–water partition coefficient (Wildman–Crippen LogP) is 2.85. The SMILES string of the molecule is CC(=O)N(CCNC(=O)NC1CC1)CCc1ccc(Cl)cc1Cl. The van der Waals surface area contributed by atoms with Crippen molar-refractivity contribution in [1.29, 1.82) is 0 Å². The van der Waals surface area contributed by atoms with Gasteiger partial charge in [0, 0.05) is 42.6 Å². The third-order valence-corrected chi connectivity index (χ3v) is 4.28. The summed E-state index contributed by atoms with van der Waals surface area (Å²) in [6, 6.07) is 5.50. The van der Waals surface area contributed by atoms with Crippen LogP contribution in [0.5, 0.6) is 0 Å². The molecule has 0 aromatic heterocycles. The second-order valence-electron chi connectivity index (χ2n) is 5.67. The van der Waals surface area contributed by atoms with Gasteiger partial charge in [-0.1, -0.05) is 29.3 Å². The summed E-state index contributed by atoms with van der Waals surface area (Å²) in [7, 11) is 0. The Morgan fingerprint density at radius 1 is 1.26 bits per heavy atom. The quantitative estimate of drug-likeness (QED) is 0.787. The van der Waals surface area contributed by atoms with Crippen LogP contribution < -0.4 is 10.6 Å². The van der Waals surface area contributed by atoms with Gasteiger partial charge in [0.15, 0.2) is 0 Å². The Morgan fingerprint density at radius 3 is 2.61 bits per heavy atom. The molecule has 23 heavy (non-hydrogen) atoms. The van der Waals surface area contributed by atoms with Gasteiger partial charge in [0.05, 0.1) is 0 Å². The molecule has 0 heterocycles. The largest absolute Gasteiger partial charge is 0.341 e. The summed E-state index contributed by atoms with van der Waals surface area (Å²) in [4.78, 5) is 25.0. The first-order chi connectivity index (χ1) is 11.0. The van der Waals surface area contributed by atoms with Crippen molar-refractivity contribution in [2.45, 2.75) is 32.2 Å². The molecule has 0 atom stereocenters. The summed E-state index contributed by atoms with van der Waals surface area (Å²) in [6.45, 7) is 2.96. The standard InChI is InChI=1S/C16H21Cl2N3O2/c1-11(22)21(9-7-19-16(23)20-14-4-5-14)8-6-12-2-3-13(17)10-15(12)18/h2-3,10,14H,4-9H2,1H3,(H2,19,20,23). The number of hydrogen-bond acceptors (Lipinski definition) is 2. The fourth-order valence-corrected chi connectivity index (χ4v) is 2.68. The average Bonchev–Trinajstić information content (AvgIpc) is 3.27. The first-order valence-corrected chi connectivity index (χ1v) is 8.45. The van der Waals surface area contributed by atoms with Crippen molar-refractivity contribution >= 4 is 35.1 Å². The molecule has 0 radical (unpaired) electrons. The second kappa shape index (κ2) is 8.41. The molecule has 0 saturated heterocycles. The molecule has 1 aromatic rings. The molecule has 1 saturated carbocycles. The lowest BCUT2D eigenvalue weighted by Gasteiger charge is -2.21. The number of rotatable bonds is 7. The van der Waals surface area contributed by atoms with E-state index in [2.05, 4.69) is 10.6 Å². The molecule has 2 N–H and O–H groups in total. The third-order valence-electron chi connectivity index (χ3n) is 3.69. The van der Waals surface area contributed by atoms with E-state index in [-0.39, 0.29) is 11.9 Å². The van der Waals surface area contributed by atoms with E-state index in [0.29, 0.717) is 42.1 Å². The van der Waals surface area contributed by atoms with Gasteiger partial charge in [-0.25, -0.2) is 4.79 Å². The molecule has 0 unspecified atom stereocenters. The predicted molar refractivity (Wildman–Crippen MR) is 92.0 cm³/mol. The lowest BCUT2D eigenvalue weighted by Crippen LogP contribution is -2.42. The normalized spacial score (nSPS) is 13.5. The van der Waals surface area contributed by atoms with Gasteiger partial charge in [-0.15, -0.1) is 0 Å². The van der Waals surface area contributed by atoms with E-state index in [1.54, 1.807) is 17.0 Å². The number of hydrogen-bond donors (Lipinski definition) is 2. The van der Waals surface area contributed by atoms with Gasteiger partial charge in [-0.2, -0.15) is 0 Å². The number of urea groups is 1. The molecule has 3 amide bonds. The number of nitrogens with zero attached hydrogens (tertiary/aromatic N) is 1. The highest BCUT2D eigenvalue weighted by molar-refractivity contribution is 6.35. The fraction of sp³-hybridized carbons (Fsp3) is 0.500. The maximum absolute atomic E-state index is 11.7. The number of carbonyl (C=O) groups is 2. The highest BCUT2D eigenvalue weighted by atomic mass is 35.5. The van der Waals surface area contributed by atoms with Crippen molar-refractivity contribution in [2.24, 2.45) is 0 Å². The van der Waals surface area contributed by atoms with Gasteiger partial charge in [0.1, 0.15) is 0 Å². The zero-order chi connectivity index (χ0) is 16.8. The summed E-state index contributed by atoms with van der Waals surface area (Å²) in [5.41, 5.74) is 0.946. The van der Waals surface area contributed by atoms with E-state index in [1.165, 1.54) is 6.92 Å². The van der Waals surface area contributed by atoms with E-state index < -0.39 is 0 Å². The van der Waals surface area contributed by atoms with Crippen LogP contribution in [0.2, 0.25) is 10.0 Å². The maximum Gasteiger partial charge on any atom is 0.315 e. The van der Waals surface area contributed by atoms with Gasteiger partial charge >= 0.3 is 6.03 Å². The molecule has 1 aromatic carbocycles. The maximum atomic E-state index is 11.7. The molecule has 126 valence electrons. The van der Waals surface area contributed by atoms with Crippen LogP contribution in [0, 0.1) is 0 Å². The Hall–Kier alpha value is -1.46. The van der Waals surface area contributed by atoms with Crippen LogP contribution in [0.3, 0.4) is 0 Å². The van der Waals surface area contributed by atoms with Crippen molar-refractivity contribution < 1.29 is 9.59 Å². The van der Waals surface area contributed by atoms with Gasteiger partial charge in [0.25, 0.3) is 0 Å². The van der Waals surface area contributed by atoms with Crippen LogP contribution in [0.15, 0.2) is 18.2 Å². The average molecular weight is 358 g/mol. The monoisotopic (exact) mass is 357 g/mol. The zero-order valence-electron chi connectivity index (χ0n) is 13.1. The van der Waals surface area contributed by atoms with Crippen LogP contribution in [0.1, 0.15) is 25.3 Å². The van der Waals surface area contributed by atoms with Crippen molar-refractivity contribution in [3.63, 3.8) is 0 Å². The van der Waals surface area contributed by atoms with Gasteiger partial charge in [-0.05, 0) is 37.0 Å². The summed E-state index contributed by atoms with van der Waals surface area (Å²) >= 11 is 12.0. The third kappa shape index (κ3) is 6.28. The molecular weight excluding hydrogens is 337 g/mol. The first-order valence-electron chi connectivity index (χ1n) is 7.69. The number of carbonyl (C=O) groups excluding carboxylic acids is 2. The minimum atomic E-state index is -0.170. The molecular formula is C16H21Cl2N3O2. The van der Waals surface area contributed by atoms with Crippen molar-refractivity contribution in [1.82, 2.24) is 15.5 Å². The smallest absolute Gasteiger partial charge is 0.315 e. The lowest BCUT2D eigenvalue weighted by atomic mass is 10.1. The van der Waals surface area contributed by atoms with Gasteiger partial charge in [-0.3, -0.25) is 4.79 Å². The summed E-state index contributed by atoms with van der Waals surface area (Å²) in [5, 5.41) is 6.80. The number of nitrogens with one attached hydrogen (secondary N) is 2. The minimum absolute atomic E-state index is 0.0283. The molecule has 0 spiro atoms. The van der Waals surface area contributed by atoms with E-state index in [4.69, 9.17) is 23.2 Å². The fourth-order valence-electron chi connectivity index (χ4n) is 2.18. The minimum Gasteiger partial charge on any atom is -0.341 e. The van der Waals surface area contributed by atoms with E-state index >= 15 is 0 Å². The van der Waals surface area contributed by atoms with E-state index in [0.717, 1.165) is 18.4 Å². The Kier molecular flexibility index (Phi) is 6.54. The molecule has 1 aliphatic rings. The van der Waals surface area contributed by atoms with Crippen molar-refractivity contribution in [2.75, 3.05) is 19.6 Å². The van der Waals surface area contributed by atoms with Crippen LogP contribution in [0.25, 0.3) is 0 Å². The van der Waals surface area contributed by atoms with Gasteiger partial charge in [0.2, 0.25) is 5.91 Å². The molecule has 0 bridgehead atoms. The molecule has 0 aliphatic heterocycles. The van der Waals surface area contributed by atoms with E-state index in [1.807, 2.05) is 6.07 Å². The van der Waals surface area contributed by atoms with E-state index in [9.17, 15) is 9.59 Å². The number of halogens is 2. The molecule has 1 aliphatic carbocycles. The Labute approximate surface area is 146 Å². The van der Waals surface area contributed by atoms with Crippen LogP contribution >= 0.6 is 23.2 Å². The van der Waals surface area contributed by atoms with Crippen LogP contribution in [0.4, 0.5) is 4.79 Å². The lowest BCUT2D eigenvalue weighted by molar-refractivity contribution is -0.128. The topological polar surface area (TPSA) is 61.4 Å². The van der Waals surface area contributed by atoms with Crippen LogP contribution in [-0.4, -0.2) is 42.5 Å². The summed E-state index contributed by atoms with van der Waals surface area (Å²) in [5.74, 6) is -0.0283. The Balaban J connectivity index is 1.76. The van der Waals surface area contributed by atoms with Gasteiger partial charge < -0.3 is 15.5 Å². The highest BCUT2D eigenvalue weighted by Crippen LogP contribution is 2.21. The molecule has 5 nitrogen and oxygen atoms in total. The van der Waals surface area contributed by atoms with Crippen molar-refractivity contribution in [3.8, 4) is 0 Å². The molecule has 7 heteroatoms. The summed E-state index contributed by atoms with van der Waals surface area (Å²) in [6.07, 6.45) is 2.74.